The molecule has 0 unspecified atom stereocenters. The number of hydrogen-bond acceptors (Lipinski definition) is 4. The summed E-state index contributed by atoms with van der Waals surface area (Å²) in [6, 6.07) is 10.4. The molecule has 0 amide bonds. The molecule has 0 fully saturated rings. The summed E-state index contributed by atoms with van der Waals surface area (Å²) in [5, 5.41) is 9.93. The first-order valence-corrected chi connectivity index (χ1v) is 6.43. The maximum absolute atomic E-state index is 11.1. The molecule has 1 aromatic carbocycles. The number of ether oxygens (including phenoxy) is 1. The molecule has 0 radical (unpaired) electrons. The van der Waals surface area contributed by atoms with Gasteiger partial charge in [0.15, 0.2) is 0 Å². The van der Waals surface area contributed by atoms with E-state index in [1.165, 1.54) is 12.3 Å². The molecule has 2 heterocycles. The normalized spacial score (nSPS) is 10.5. The first-order chi connectivity index (χ1) is 10.1. The highest BCUT2D eigenvalue weighted by Gasteiger charge is 2.12. The molecule has 6 heteroatoms. The van der Waals surface area contributed by atoms with Gasteiger partial charge in [-0.3, -0.25) is 4.98 Å². The van der Waals surface area contributed by atoms with E-state index in [-0.39, 0.29) is 16.5 Å². The van der Waals surface area contributed by atoms with Gasteiger partial charge in [-0.25, -0.2) is 9.78 Å². The summed E-state index contributed by atoms with van der Waals surface area (Å²) in [7, 11) is 0. The first kappa shape index (κ1) is 13.3. The van der Waals surface area contributed by atoms with Crippen LogP contribution in [0.15, 0.2) is 48.8 Å². The summed E-state index contributed by atoms with van der Waals surface area (Å²) in [5.74, 6) is -0.424. The van der Waals surface area contributed by atoms with Crippen molar-refractivity contribution < 1.29 is 14.6 Å². The molecule has 0 aliphatic carbocycles. The van der Waals surface area contributed by atoms with Crippen LogP contribution in [-0.4, -0.2) is 21.0 Å². The van der Waals surface area contributed by atoms with E-state index in [1.807, 2.05) is 12.1 Å². The van der Waals surface area contributed by atoms with E-state index < -0.39 is 5.97 Å². The lowest BCUT2D eigenvalue weighted by Crippen LogP contribution is -1.99. The Balaban J connectivity index is 2.03. The Morgan fingerprint density at radius 2 is 2.05 bits per heavy atom. The average Bonchev–Trinajstić information content (AvgIpc) is 2.49. The van der Waals surface area contributed by atoms with Crippen molar-refractivity contribution in [2.75, 3.05) is 0 Å². The molecule has 0 bridgehead atoms. The number of nitrogens with zero attached hydrogens (tertiary/aromatic N) is 2. The van der Waals surface area contributed by atoms with Crippen molar-refractivity contribution in [3.8, 4) is 11.6 Å². The Hall–Kier alpha value is -2.66. The van der Waals surface area contributed by atoms with Crippen molar-refractivity contribution >= 4 is 28.5 Å². The van der Waals surface area contributed by atoms with Gasteiger partial charge >= 0.3 is 5.97 Å². The summed E-state index contributed by atoms with van der Waals surface area (Å²) < 4.78 is 5.66. The molecule has 0 saturated carbocycles. The molecule has 3 aromatic rings. The van der Waals surface area contributed by atoms with Gasteiger partial charge in [-0.05, 0) is 24.3 Å². The van der Waals surface area contributed by atoms with Crippen LogP contribution in [0.25, 0.3) is 10.9 Å². The second-order valence-electron chi connectivity index (χ2n) is 4.24. The van der Waals surface area contributed by atoms with Gasteiger partial charge in [-0.1, -0.05) is 17.7 Å². The molecule has 5 nitrogen and oxygen atoms in total. The minimum atomic E-state index is -1.13. The van der Waals surface area contributed by atoms with E-state index in [4.69, 9.17) is 21.4 Å². The van der Waals surface area contributed by atoms with Crippen LogP contribution in [0.4, 0.5) is 0 Å². The van der Waals surface area contributed by atoms with Gasteiger partial charge in [0.2, 0.25) is 5.88 Å². The molecule has 21 heavy (non-hydrogen) atoms. The van der Waals surface area contributed by atoms with Crippen LogP contribution < -0.4 is 4.74 Å². The Labute approximate surface area is 124 Å². The highest BCUT2D eigenvalue weighted by molar-refractivity contribution is 6.33. The van der Waals surface area contributed by atoms with Gasteiger partial charge in [-0.2, -0.15) is 0 Å². The van der Waals surface area contributed by atoms with Gasteiger partial charge < -0.3 is 9.84 Å². The Bertz CT molecular complexity index is 831. The summed E-state index contributed by atoms with van der Waals surface area (Å²) in [6.07, 6.45) is 2.94. The van der Waals surface area contributed by atoms with Crippen LogP contribution in [0.3, 0.4) is 0 Å². The fourth-order valence-electron chi connectivity index (χ4n) is 1.92. The van der Waals surface area contributed by atoms with Crippen LogP contribution in [0, 0.1) is 0 Å². The predicted molar refractivity (Wildman–Crippen MR) is 78.0 cm³/mol. The third-order valence-electron chi connectivity index (χ3n) is 2.88. The minimum Gasteiger partial charge on any atom is -0.478 e. The second kappa shape index (κ2) is 5.38. The molecule has 0 aliphatic heterocycles. The zero-order chi connectivity index (χ0) is 14.8. The molecule has 1 N–H and O–H groups in total. The number of aromatic carboxylic acids is 1. The lowest BCUT2D eigenvalue weighted by atomic mass is 10.2. The number of benzene rings is 1. The third kappa shape index (κ3) is 2.64. The molecule has 104 valence electrons. The smallest absolute Gasteiger partial charge is 0.337 e. The number of aromatic nitrogens is 2. The van der Waals surface area contributed by atoms with E-state index in [0.29, 0.717) is 5.75 Å². The van der Waals surface area contributed by atoms with Crippen molar-refractivity contribution in [3.63, 3.8) is 0 Å². The quantitative estimate of drug-likeness (QED) is 0.797. The molecule has 3 rings (SSSR count). The highest BCUT2D eigenvalue weighted by atomic mass is 35.5. The lowest BCUT2D eigenvalue weighted by molar-refractivity contribution is 0.0696. The van der Waals surface area contributed by atoms with Gasteiger partial charge in [0.25, 0.3) is 0 Å². The summed E-state index contributed by atoms with van der Waals surface area (Å²) >= 11 is 5.78. The Kier molecular flexibility index (Phi) is 3.41. The van der Waals surface area contributed by atoms with Crippen LogP contribution >= 0.6 is 11.6 Å². The first-order valence-electron chi connectivity index (χ1n) is 6.05. The Morgan fingerprint density at radius 1 is 1.19 bits per heavy atom. The number of pyridine rings is 2. The molecule has 2 aromatic heterocycles. The highest BCUT2D eigenvalue weighted by Crippen LogP contribution is 2.29. The number of halogens is 1. The van der Waals surface area contributed by atoms with Crippen LogP contribution in [0.1, 0.15) is 10.4 Å². The van der Waals surface area contributed by atoms with E-state index >= 15 is 0 Å². The fourth-order valence-corrected chi connectivity index (χ4v) is 2.10. The van der Waals surface area contributed by atoms with Gasteiger partial charge in [-0.15, -0.1) is 0 Å². The van der Waals surface area contributed by atoms with Crippen molar-refractivity contribution in [1.29, 1.82) is 0 Å². The Morgan fingerprint density at radius 3 is 2.86 bits per heavy atom. The van der Waals surface area contributed by atoms with Crippen molar-refractivity contribution in [3.05, 3.63) is 59.4 Å². The van der Waals surface area contributed by atoms with E-state index in [1.54, 1.807) is 24.4 Å². The largest absolute Gasteiger partial charge is 0.478 e. The van der Waals surface area contributed by atoms with Crippen molar-refractivity contribution in [2.45, 2.75) is 0 Å². The molecule has 0 saturated heterocycles. The van der Waals surface area contributed by atoms with E-state index in [9.17, 15) is 4.79 Å². The number of carbonyl (C=O) groups is 1. The van der Waals surface area contributed by atoms with Crippen LogP contribution in [-0.2, 0) is 0 Å². The number of rotatable bonds is 3. The standard InChI is InChI=1S/C15H9ClN2O3/c16-11-8-18-14(7-10(11)15(19)20)21-13-5-1-4-12-9(13)3-2-6-17-12/h1-8H,(H,19,20). The number of hydrogen-bond donors (Lipinski definition) is 1. The maximum Gasteiger partial charge on any atom is 0.337 e. The molecule has 0 aliphatic rings. The fraction of sp³-hybridized carbons (Fsp3) is 0. The third-order valence-corrected chi connectivity index (χ3v) is 3.18. The minimum absolute atomic E-state index is 0.0555. The number of carboxylic acid groups (broad SMARTS) is 1. The zero-order valence-electron chi connectivity index (χ0n) is 10.7. The van der Waals surface area contributed by atoms with Crippen LogP contribution in [0.2, 0.25) is 5.02 Å². The monoisotopic (exact) mass is 300 g/mol. The van der Waals surface area contributed by atoms with E-state index in [0.717, 1.165) is 10.9 Å². The molecular weight excluding hydrogens is 292 g/mol. The topological polar surface area (TPSA) is 72.3 Å². The molecular formula is C15H9ClN2O3. The second-order valence-corrected chi connectivity index (χ2v) is 4.64. The summed E-state index contributed by atoms with van der Waals surface area (Å²) in [4.78, 5) is 19.3. The number of carboxylic acids is 1. The van der Waals surface area contributed by atoms with Crippen molar-refractivity contribution in [1.82, 2.24) is 9.97 Å². The molecule has 0 atom stereocenters. The predicted octanol–water partition coefficient (Wildman–Crippen LogP) is 3.77. The SMILES string of the molecule is O=C(O)c1cc(Oc2cccc3ncccc23)ncc1Cl. The summed E-state index contributed by atoms with van der Waals surface area (Å²) in [6.45, 7) is 0. The van der Waals surface area contributed by atoms with Gasteiger partial charge in [0.05, 0.1) is 22.3 Å². The zero-order valence-corrected chi connectivity index (χ0v) is 11.4. The lowest BCUT2D eigenvalue weighted by Gasteiger charge is -2.08. The van der Waals surface area contributed by atoms with Gasteiger partial charge in [0.1, 0.15) is 5.75 Å². The van der Waals surface area contributed by atoms with Crippen molar-refractivity contribution in [2.24, 2.45) is 0 Å². The number of fused-ring (bicyclic) bond motifs is 1. The molecule has 0 spiro atoms. The summed E-state index contributed by atoms with van der Waals surface area (Å²) in [5.41, 5.74) is 0.724. The van der Waals surface area contributed by atoms with E-state index in [2.05, 4.69) is 9.97 Å². The maximum atomic E-state index is 11.1. The van der Waals surface area contributed by atoms with Gasteiger partial charge in [0, 0.05) is 17.6 Å². The average molecular weight is 301 g/mol. The van der Waals surface area contributed by atoms with Crippen LogP contribution in [0.5, 0.6) is 11.6 Å².